The molecule has 1 saturated heterocycles. The van der Waals surface area contributed by atoms with Crippen molar-refractivity contribution in [1.82, 2.24) is 0 Å². The van der Waals surface area contributed by atoms with Crippen molar-refractivity contribution in [1.29, 1.82) is 0 Å². The van der Waals surface area contributed by atoms with Crippen molar-refractivity contribution >= 4 is 24.2 Å². The minimum absolute atomic E-state index is 0.345. The van der Waals surface area contributed by atoms with Gasteiger partial charge in [-0.05, 0) is 52.2 Å². The molecule has 2 rings (SSSR count). The number of hydrogen-bond acceptors (Lipinski definition) is 3. The Hall–Kier alpha value is -0.705. The standard InChI is InChI=1S/C14H20BClO3/c1-6-17-12-8-7-10(9-11(12)16)15-18-13(2,3)14(4,5)19-15/h7-9H,6H2,1-5H3. The van der Waals surface area contributed by atoms with Crippen LogP contribution in [0.4, 0.5) is 0 Å². The molecular formula is C14H20BClO3. The first-order valence-electron chi connectivity index (χ1n) is 6.55. The van der Waals surface area contributed by atoms with Crippen molar-refractivity contribution in [3.63, 3.8) is 0 Å². The van der Waals surface area contributed by atoms with E-state index >= 15 is 0 Å². The van der Waals surface area contributed by atoms with E-state index in [2.05, 4.69) is 0 Å². The van der Waals surface area contributed by atoms with Crippen LogP contribution in [-0.4, -0.2) is 24.9 Å². The highest BCUT2D eigenvalue weighted by atomic mass is 35.5. The third-order valence-electron chi connectivity index (χ3n) is 3.78. The van der Waals surface area contributed by atoms with E-state index in [1.54, 1.807) is 0 Å². The quantitative estimate of drug-likeness (QED) is 0.798. The fourth-order valence-electron chi connectivity index (χ4n) is 1.92. The molecule has 0 N–H and O–H groups in total. The summed E-state index contributed by atoms with van der Waals surface area (Å²) < 4.78 is 17.4. The van der Waals surface area contributed by atoms with Crippen LogP contribution < -0.4 is 10.2 Å². The summed E-state index contributed by atoms with van der Waals surface area (Å²) in [5, 5.41) is 0.578. The Kier molecular flexibility index (Phi) is 3.87. The van der Waals surface area contributed by atoms with Gasteiger partial charge in [-0.15, -0.1) is 0 Å². The van der Waals surface area contributed by atoms with Gasteiger partial charge in [0.2, 0.25) is 0 Å². The van der Waals surface area contributed by atoms with Gasteiger partial charge in [-0.1, -0.05) is 17.7 Å². The van der Waals surface area contributed by atoms with Gasteiger partial charge in [-0.3, -0.25) is 0 Å². The zero-order valence-corrected chi connectivity index (χ0v) is 12.9. The van der Waals surface area contributed by atoms with Crippen LogP contribution in [0.15, 0.2) is 18.2 Å². The molecule has 1 aromatic rings. The van der Waals surface area contributed by atoms with Gasteiger partial charge < -0.3 is 14.0 Å². The van der Waals surface area contributed by atoms with Crippen LogP contribution in [0.2, 0.25) is 5.02 Å². The topological polar surface area (TPSA) is 27.7 Å². The number of ether oxygens (including phenoxy) is 1. The number of rotatable bonds is 3. The second-order valence-electron chi connectivity index (χ2n) is 5.71. The van der Waals surface area contributed by atoms with Crippen molar-refractivity contribution < 1.29 is 14.0 Å². The summed E-state index contributed by atoms with van der Waals surface area (Å²) in [6, 6.07) is 5.62. The molecule has 1 aliphatic heterocycles. The van der Waals surface area contributed by atoms with Gasteiger partial charge in [-0.2, -0.15) is 0 Å². The third-order valence-corrected chi connectivity index (χ3v) is 4.08. The molecule has 1 aromatic carbocycles. The van der Waals surface area contributed by atoms with Crippen molar-refractivity contribution in [3.05, 3.63) is 23.2 Å². The van der Waals surface area contributed by atoms with Crippen LogP contribution in [0.5, 0.6) is 5.75 Å². The summed E-state index contributed by atoms with van der Waals surface area (Å²) in [5.74, 6) is 0.685. The molecule has 1 fully saturated rings. The van der Waals surface area contributed by atoms with E-state index in [9.17, 15) is 0 Å². The lowest BCUT2D eigenvalue weighted by atomic mass is 9.79. The SMILES string of the molecule is CCOc1ccc(B2OC(C)(C)C(C)(C)O2)cc1Cl. The van der Waals surface area contributed by atoms with Gasteiger partial charge >= 0.3 is 7.12 Å². The summed E-state index contributed by atoms with van der Waals surface area (Å²) in [6.45, 7) is 10.6. The molecule has 0 radical (unpaired) electrons. The normalized spacial score (nSPS) is 20.6. The Morgan fingerprint density at radius 1 is 1.16 bits per heavy atom. The van der Waals surface area contributed by atoms with Crippen LogP contribution in [-0.2, 0) is 9.31 Å². The minimum Gasteiger partial charge on any atom is -0.492 e. The second kappa shape index (κ2) is 5.00. The van der Waals surface area contributed by atoms with Crippen LogP contribution in [0.1, 0.15) is 34.6 Å². The predicted octanol–water partition coefficient (Wildman–Crippen LogP) is 3.04. The smallest absolute Gasteiger partial charge is 0.492 e. The molecule has 1 aliphatic rings. The molecule has 5 heteroatoms. The Morgan fingerprint density at radius 2 is 1.74 bits per heavy atom. The molecule has 0 aromatic heterocycles. The molecular weight excluding hydrogens is 262 g/mol. The Labute approximate surface area is 120 Å². The highest BCUT2D eigenvalue weighted by Gasteiger charge is 2.51. The number of benzene rings is 1. The molecule has 0 unspecified atom stereocenters. The van der Waals surface area contributed by atoms with Crippen molar-refractivity contribution in [2.24, 2.45) is 0 Å². The maximum absolute atomic E-state index is 6.19. The second-order valence-corrected chi connectivity index (χ2v) is 6.12. The number of halogens is 1. The van der Waals surface area contributed by atoms with Gasteiger partial charge in [0.15, 0.2) is 0 Å². The maximum atomic E-state index is 6.19. The monoisotopic (exact) mass is 282 g/mol. The molecule has 0 saturated carbocycles. The van der Waals surface area contributed by atoms with Gasteiger partial charge in [0.05, 0.1) is 22.8 Å². The summed E-state index contributed by atoms with van der Waals surface area (Å²) in [6.07, 6.45) is 0. The first-order valence-corrected chi connectivity index (χ1v) is 6.92. The van der Waals surface area contributed by atoms with E-state index in [-0.39, 0.29) is 11.2 Å². The highest BCUT2D eigenvalue weighted by molar-refractivity contribution is 6.62. The first kappa shape index (κ1) is 14.7. The number of hydrogen-bond donors (Lipinski definition) is 0. The van der Waals surface area contributed by atoms with E-state index in [1.807, 2.05) is 52.8 Å². The molecule has 19 heavy (non-hydrogen) atoms. The van der Waals surface area contributed by atoms with E-state index < -0.39 is 7.12 Å². The van der Waals surface area contributed by atoms with Gasteiger partial charge in [0.1, 0.15) is 5.75 Å². The van der Waals surface area contributed by atoms with Gasteiger partial charge in [0.25, 0.3) is 0 Å². The third kappa shape index (κ3) is 2.76. The molecule has 0 aliphatic carbocycles. The molecule has 3 nitrogen and oxygen atoms in total. The van der Waals surface area contributed by atoms with E-state index in [4.69, 9.17) is 25.6 Å². The molecule has 0 spiro atoms. The van der Waals surface area contributed by atoms with E-state index in [0.717, 1.165) is 5.46 Å². The zero-order chi connectivity index (χ0) is 14.3. The largest absolute Gasteiger partial charge is 0.494 e. The summed E-state index contributed by atoms with van der Waals surface area (Å²) in [4.78, 5) is 0. The molecule has 0 bridgehead atoms. The predicted molar refractivity (Wildman–Crippen MR) is 78.3 cm³/mol. The highest BCUT2D eigenvalue weighted by Crippen LogP contribution is 2.36. The fourth-order valence-corrected chi connectivity index (χ4v) is 2.16. The minimum atomic E-state index is -0.391. The molecule has 1 heterocycles. The van der Waals surface area contributed by atoms with Gasteiger partial charge in [0, 0.05) is 0 Å². The van der Waals surface area contributed by atoms with Gasteiger partial charge in [-0.25, -0.2) is 0 Å². The lowest BCUT2D eigenvalue weighted by molar-refractivity contribution is 0.00578. The van der Waals surface area contributed by atoms with E-state index in [1.165, 1.54) is 0 Å². The summed E-state index contributed by atoms with van der Waals surface area (Å²) >= 11 is 6.19. The lowest BCUT2D eigenvalue weighted by Crippen LogP contribution is -2.41. The van der Waals surface area contributed by atoms with Crippen molar-refractivity contribution in [3.8, 4) is 5.75 Å². The first-order chi connectivity index (χ1) is 8.77. The Bertz CT molecular complexity index is 458. The average Bonchev–Trinajstić information content (AvgIpc) is 2.51. The Balaban J connectivity index is 2.23. The van der Waals surface area contributed by atoms with Crippen LogP contribution in [0, 0.1) is 0 Å². The molecule has 0 atom stereocenters. The summed E-state index contributed by atoms with van der Waals surface area (Å²) in [5.41, 5.74) is 0.220. The summed E-state index contributed by atoms with van der Waals surface area (Å²) in [7, 11) is -0.391. The zero-order valence-electron chi connectivity index (χ0n) is 12.1. The van der Waals surface area contributed by atoms with E-state index in [0.29, 0.717) is 17.4 Å². The van der Waals surface area contributed by atoms with Crippen LogP contribution in [0.25, 0.3) is 0 Å². The maximum Gasteiger partial charge on any atom is 0.494 e. The van der Waals surface area contributed by atoms with Crippen molar-refractivity contribution in [2.75, 3.05) is 6.61 Å². The van der Waals surface area contributed by atoms with Crippen LogP contribution in [0.3, 0.4) is 0 Å². The molecule has 104 valence electrons. The molecule has 0 amide bonds. The lowest BCUT2D eigenvalue weighted by Gasteiger charge is -2.32. The van der Waals surface area contributed by atoms with Crippen LogP contribution >= 0.6 is 11.6 Å². The Morgan fingerprint density at radius 3 is 2.21 bits per heavy atom. The van der Waals surface area contributed by atoms with Crippen molar-refractivity contribution in [2.45, 2.75) is 45.8 Å². The average molecular weight is 283 g/mol. The fraction of sp³-hybridized carbons (Fsp3) is 0.571.